The lowest BCUT2D eigenvalue weighted by atomic mass is 10.1. The summed E-state index contributed by atoms with van der Waals surface area (Å²) >= 11 is 0. The van der Waals surface area contributed by atoms with Crippen LogP contribution >= 0.6 is 0 Å². The van der Waals surface area contributed by atoms with Crippen molar-refractivity contribution in [2.45, 2.75) is 57.7 Å². The van der Waals surface area contributed by atoms with E-state index in [0.29, 0.717) is 24.5 Å². The van der Waals surface area contributed by atoms with E-state index >= 15 is 0 Å². The number of nitriles is 1. The molecule has 2 N–H and O–H groups in total. The molecule has 0 saturated heterocycles. The number of nitrogens with two attached hydrogens (primary N) is 1. The second kappa shape index (κ2) is 5.33. The van der Waals surface area contributed by atoms with Gasteiger partial charge in [0.15, 0.2) is 0 Å². The van der Waals surface area contributed by atoms with Gasteiger partial charge in [-0.25, -0.2) is 0 Å². The van der Waals surface area contributed by atoms with Crippen LogP contribution in [0.1, 0.15) is 39.5 Å². The smallest absolute Gasteiger partial charge is 0.0635 e. The number of nitrogens with zero attached hydrogens (tertiary/aromatic N) is 2. The van der Waals surface area contributed by atoms with Crippen LogP contribution in [0.5, 0.6) is 0 Å². The van der Waals surface area contributed by atoms with Crippen LogP contribution in [-0.4, -0.2) is 29.6 Å². The highest BCUT2D eigenvalue weighted by Gasteiger charge is 2.30. The third-order valence-corrected chi connectivity index (χ3v) is 3.10. The van der Waals surface area contributed by atoms with Gasteiger partial charge in [-0.3, -0.25) is 4.90 Å². The van der Waals surface area contributed by atoms with Crippen LogP contribution in [0.4, 0.5) is 0 Å². The molecule has 0 aliphatic heterocycles. The minimum atomic E-state index is 0.316. The van der Waals surface area contributed by atoms with Crippen molar-refractivity contribution in [3.05, 3.63) is 0 Å². The van der Waals surface area contributed by atoms with E-state index < -0.39 is 0 Å². The molecule has 0 aromatic heterocycles. The van der Waals surface area contributed by atoms with E-state index in [-0.39, 0.29) is 0 Å². The molecule has 0 spiro atoms. The molecule has 0 bridgehead atoms. The van der Waals surface area contributed by atoms with Crippen molar-refractivity contribution >= 4 is 0 Å². The summed E-state index contributed by atoms with van der Waals surface area (Å²) in [4.78, 5) is 2.39. The maximum atomic E-state index is 8.60. The molecule has 80 valence electrons. The van der Waals surface area contributed by atoms with Gasteiger partial charge >= 0.3 is 0 Å². The van der Waals surface area contributed by atoms with Gasteiger partial charge in [0.25, 0.3) is 0 Å². The van der Waals surface area contributed by atoms with Gasteiger partial charge in [-0.2, -0.15) is 5.26 Å². The second-order valence-corrected chi connectivity index (χ2v) is 4.40. The van der Waals surface area contributed by atoms with Gasteiger partial charge in [0.1, 0.15) is 0 Å². The minimum Gasteiger partial charge on any atom is -0.326 e. The lowest BCUT2D eigenvalue weighted by molar-refractivity contribution is 0.147. The van der Waals surface area contributed by atoms with Crippen molar-refractivity contribution in [2.75, 3.05) is 6.54 Å². The SMILES string of the molecule is CC(C)N(CCC#N)C1CCCC1N. The Morgan fingerprint density at radius 2 is 2.21 bits per heavy atom. The predicted octanol–water partition coefficient (Wildman–Crippen LogP) is 1.49. The molecule has 2 atom stereocenters. The van der Waals surface area contributed by atoms with Gasteiger partial charge in [0.05, 0.1) is 6.07 Å². The number of hydrogen-bond donors (Lipinski definition) is 1. The van der Waals surface area contributed by atoms with Crippen molar-refractivity contribution in [2.24, 2.45) is 5.73 Å². The van der Waals surface area contributed by atoms with E-state index in [2.05, 4.69) is 24.8 Å². The molecule has 2 unspecified atom stereocenters. The molecule has 0 amide bonds. The first-order chi connectivity index (χ1) is 6.66. The molecular weight excluding hydrogens is 174 g/mol. The lowest BCUT2D eigenvalue weighted by Gasteiger charge is -2.34. The normalized spacial score (nSPS) is 27.1. The van der Waals surface area contributed by atoms with Crippen molar-refractivity contribution in [3.63, 3.8) is 0 Å². The summed E-state index contributed by atoms with van der Waals surface area (Å²) in [6.45, 7) is 5.23. The Hall–Kier alpha value is -0.590. The van der Waals surface area contributed by atoms with Crippen LogP contribution in [0.2, 0.25) is 0 Å². The maximum absolute atomic E-state index is 8.60. The van der Waals surface area contributed by atoms with Gasteiger partial charge in [0.2, 0.25) is 0 Å². The van der Waals surface area contributed by atoms with Gasteiger partial charge < -0.3 is 5.73 Å². The Bertz CT molecular complexity index is 207. The second-order valence-electron chi connectivity index (χ2n) is 4.40. The lowest BCUT2D eigenvalue weighted by Crippen LogP contribution is -2.48. The fourth-order valence-corrected chi connectivity index (χ4v) is 2.37. The Labute approximate surface area is 86.9 Å². The molecule has 1 fully saturated rings. The van der Waals surface area contributed by atoms with Crippen LogP contribution in [0.3, 0.4) is 0 Å². The molecule has 1 aliphatic carbocycles. The van der Waals surface area contributed by atoms with Gasteiger partial charge in [-0.1, -0.05) is 6.42 Å². The molecule has 1 aliphatic rings. The summed E-state index contributed by atoms with van der Waals surface area (Å²) in [5.41, 5.74) is 6.06. The Kier molecular flexibility index (Phi) is 4.37. The Balaban J connectivity index is 2.53. The van der Waals surface area contributed by atoms with E-state index in [0.717, 1.165) is 13.0 Å². The Morgan fingerprint density at radius 3 is 2.64 bits per heavy atom. The third kappa shape index (κ3) is 2.70. The average Bonchev–Trinajstić information content (AvgIpc) is 2.52. The zero-order valence-corrected chi connectivity index (χ0v) is 9.24. The minimum absolute atomic E-state index is 0.316. The van der Waals surface area contributed by atoms with Gasteiger partial charge in [0, 0.05) is 31.1 Å². The molecule has 1 rings (SSSR count). The van der Waals surface area contributed by atoms with E-state index in [9.17, 15) is 0 Å². The van der Waals surface area contributed by atoms with E-state index in [1.54, 1.807) is 0 Å². The highest BCUT2D eigenvalue weighted by Crippen LogP contribution is 2.24. The summed E-state index contributed by atoms with van der Waals surface area (Å²) in [7, 11) is 0. The molecule has 1 saturated carbocycles. The highest BCUT2D eigenvalue weighted by molar-refractivity contribution is 4.90. The van der Waals surface area contributed by atoms with Crippen molar-refractivity contribution < 1.29 is 0 Å². The molecule has 3 heteroatoms. The monoisotopic (exact) mass is 195 g/mol. The van der Waals surface area contributed by atoms with Crippen molar-refractivity contribution in [1.29, 1.82) is 5.26 Å². The molecule has 0 heterocycles. The number of rotatable bonds is 4. The van der Waals surface area contributed by atoms with E-state index in [1.807, 2.05) is 0 Å². The number of hydrogen-bond acceptors (Lipinski definition) is 3. The molecule has 14 heavy (non-hydrogen) atoms. The van der Waals surface area contributed by atoms with Crippen LogP contribution in [0, 0.1) is 11.3 Å². The zero-order chi connectivity index (χ0) is 10.6. The first-order valence-corrected chi connectivity index (χ1v) is 5.55. The van der Waals surface area contributed by atoms with E-state index in [4.69, 9.17) is 11.0 Å². The molecule has 0 aromatic rings. The first kappa shape index (κ1) is 11.5. The summed E-state index contributed by atoms with van der Waals surface area (Å²) in [6, 6.07) is 3.53. The molecule has 0 radical (unpaired) electrons. The highest BCUT2D eigenvalue weighted by atomic mass is 15.2. The molecular formula is C11H21N3. The van der Waals surface area contributed by atoms with Crippen molar-refractivity contribution in [3.8, 4) is 6.07 Å². The predicted molar refractivity (Wildman–Crippen MR) is 57.7 cm³/mol. The van der Waals surface area contributed by atoms with Crippen LogP contribution in [-0.2, 0) is 0 Å². The first-order valence-electron chi connectivity index (χ1n) is 5.55. The van der Waals surface area contributed by atoms with E-state index in [1.165, 1.54) is 12.8 Å². The van der Waals surface area contributed by atoms with Gasteiger partial charge in [-0.05, 0) is 26.7 Å². The average molecular weight is 195 g/mol. The molecule has 3 nitrogen and oxygen atoms in total. The van der Waals surface area contributed by atoms with Crippen LogP contribution < -0.4 is 5.73 Å². The molecule has 0 aromatic carbocycles. The fourth-order valence-electron chi connectivity index (χ4n) is 2.37. The summed E-state index contributed by atoms with van der Waals surface area (Å²) < 4.78 is 0. The topological polar surface area (TPSA) is 53.0 Å². The Morgan fingerprint density at radius 1 is 1.50 bits per heavy atom. The van der Waals surface area contributed by atoms with Crippen LogP contribution in [0.15, 0.2) is 0 Å². The summed E-state index contributed by atoms with van der Waals surface area (Å²) in [6.07, 6.45) is 4.19. The van der Waals surface area contributed by atoms with Gasteiger partial charge in [-0.15, -0.1) is 0 Å². The summed E-state index contributed by atoms with van der Waals surface area (Å²) in [5.74, 6) is 0. The largest absolute Gasteiger partial charge is 0.326 e. The maximum Gasteiger partial charge on any atom is 0.0635 e. The quantitative estimate of drug-likeness (QED) is 0.739. The zero-order valence-electron chi connectivity index (χ0n) is 9.24. The summed E-state index contributed by atoms with van der Waals surface area (Å²) in [5, 5.41) is 8.60. The van der Waals surface area contributed by atoms with Crippen LogP contribution in [0.25, 0.3) is 0 Å². The van der Waals surface area contributed by atoms with Crippen molar-refractivity contribution in [1.82, 2.24) is 4.90 Å². The third-order valence-electron chi connectivity index (χ3n) is 3.10. The fraction of sp³-hybridized carbons (Fsp3) is 0.909. The standard InChI is InChI=1S/C11H21N3/c1-9(2)14(8-4-7-12)11-6-3-5-10(11)13/h9-11H,3-6,8,13H2,1-2H3.